The van der Waals surface area contributed by atoms with E-state index in [9.17, 15) is 8.78 Å². The Bertz CT molecular complexity index is 1550. The Balaban J connectivity index is 1.36. The van der Waals surface area contributed by atoms with Gasteiger partial charge in [0.15, 0.2) is 24.8 Å². The van der Waals surface area contributed by atoms with Crippen molar-refractivity contribution in [2.75, 3.05) is 0 Å². The number of benzene rings is 3. The van der Waals surface area contributed by atoms with Crippen molar-refractivity contribution in [3.05, 3.63) is 132 Å². The molecule has 0 fully saturated rings. The van der Waals surface area contributed by atoms with E-state index in [0.29, 0.717) is 0 Å². The van der Waals surface area contributed by atoms with Crippen LogP contribution in [0.4, 0.5) is 8.78 Å². The van der Waals surface area contributed by atoms with E-state index in [1.807, 2.05) is 23.2 Å². The van der Waals surface area contributed by atoms with Gasteiger partial charge in [0.1, 0.15) is 11.6 Å². The van der Waals surface area contributed by atoms with E-state index in [0.717, 1.165) is 22.5 Å². The first-order chi connectivity index (χ1) is 16.9. The Morgan fingerprint density at radius 2 is 1.09 bits per heavy atom. The quantitative estimate of drug-likeness (QED) is 0.271. The van der Waals surface area contributed by atoms with E-state index in [2.05, 4.69) is 61.0 Å². The molecule has 2 heterocycles. The molecule has 0 N–H and O–H groups in total. The fourth-order valence-corrected chi connectivity index (χ4v) is 5.03. The molecular weight excluding hydrogens is 438 g/mol. The van der Waals surface area contributed by atoms with Gasteiger partial charge in [-0.1, -0.05) is 26.0 Å². The number of nitrogens with zero attached hydrogens (tertiary/aromatic N) is 2. The van der Waals surface area contributed by atoms with Gasteiger partial charge in [0, 0.05) is 53.4 Å². The van der Waals surface area contributed by atoms with Crippen molar-refractivity contribution in [2.45, 2.75) is 19.3 Å². The molecule has 2 nitrogen and oxygen atoms in total. The summed E-state index contributed by atoms with van der Waals surface area (Å²) in [5.74, 6) is -0.476. The average Bonchev–Trinajstić information content (AvgIpc) is 3.11. The summed E-state index contributed by atoms with van der Waals surface area (Å²) in [4.78, 5) is 0. The minimum atomic E-state index is -0.240. The van der Waals surface area contributed by atoms with Gasteiger partial charge in [-0.05, 0) is 58.1 Å². The molecular formula is C31H24F2N2+2. The molecule has 0 atom stereocenters. The summed E-state index contributed by atoms with van der Waals surface area (Å²) in [6.45, 7) is 4.51. The van der Waals surface area contributed by atoms with Crippen LogP contribution in [0.3, 0.4) is 0 Å². The van der Waals surface area contributed by atoms with Gasteiger partial charge in [0.2, 0.25) is 11.4 Å². The summed E-state index contributed by atoms with van der Waals surface area (Å²) in [6.07, 6.45) is 8.20. The zero-order valence-corrected chi connectivity index (χ0v) is 19.5. The number of hydrogen-bond acceptors (Lipinski definition) is 0. The van der Waals surface area contributed by atoms with Crippen LogP contribution < -0.4 is 9.13 Å². The number of hydrogen-bond donors (Lipinski definition) is 0. The summed E-state index contributed by atoms with van der Waals surface area (Å²) in [6, 6.07) is 26.0. The summed E-state index contributed by atoms with van der Waals surface area (Å²) in [7, 11) is 0. The monoisotopic (exact) mass is 462 g/mol. The Morgan fingerprint density at radius 3 is 1.71 bits per heavy atom. The molecule has 0 unspecified atom stereocenters. The highest BCUT2D eigenvalue weighted by molar-refractivity contribution is 5.82. The lowest BCUT2D eigenvalue weighted by molar-refractivity contribution is -0.596. The van der Waals surface area contributed by atoms with Crippen molar-refractivity contribution < 1.29 is 17.9 Å². The maximum absolute atomic E-state index is 13.4. The first-order valence-electron chi connectivity index (χ1n) is 11.6. The second-order valence-electron chi connectivity index (χ2n) is 9.51. The maximum atomic E-state index is 13.4. The van der Waals surface area contributed by atoms with Crippen LogP contribution in [0.5, 0.6) is 0 Å². The highest BCUT2D eigenvalue weighted by Gasteiger charge is 2.38. The maximum Gasteiger partial charge on any atom is 0.210 e. The van der Waals surface area contributed by atoms with Gasteiger partial charge >= 0.3 is 0 Å². The first kappa shape index (κ1) is 21.4. The average molecular weight is 463 g/mol. The molecule has 5 aromatic rings. The van der Waals surface area contributed by atoms with Crippen molar-refractivity contribution in [3.8, 4) is 33.6 Å². The predicted molar refractivity (Wildman–Crippen MR) is 132 cm³/mol. The molecule has 35 heavy (non-hydrogen) atoms. The summed E-state index contributed by atoms with van der Waals surface area (Å²) in [5, 5.41) is 0. The van der Waals surface area contributed by atoms with Gasteiger partial charge in [0.05, 0.1) is 0 Å². The number of aromatic nitrogens is 2. The Kier molecular flexibility index (Phi) is 4.85. The van der Waals surface area contributed by atoms with Crippen LogP contribution in [0.15, 0.2) is 110 Å². The van der Waals surface area contributed by atoms with E-state index in [1.54, 1.807) is 24.3 Å². The van der Waals surface area contributed by atoms with Crippen molar-refractivity contribution >= 4 is 0 Å². The van der Waals surface area contributed by atoms with Crippen LogP contribution in [0.2, 0.25) is 0 Å². The highest BCUT2D eigenvalue weighted by Crippen LogP contribution is 2.49. The van der Waals surface area contributed by atoms with E-state index < -0.39 is 0 Å². The molecule has 0 aliphatic heterocycles. The number of pyridine rings is 2. The van der Waals surface area contributed by atoms with Crippen LogP contribution in [0.25, 0.3) is 33.6 Å². The highest BCUT2D eigenvalue weighted by atomic mass is 19.1. The molecule has 6 rings (SSSR count). The van der Waals surface area contributed by atoms with Crippen LogP contribution in [0, 0.1) is 11.6 Å². The fourth-order valence-electron chi connectivity index (χ4n) is 5.03. The Labute approximate surface area is 203 Å². The zero-order valence-electron chi connectivity index (χ0n) is 19.5. The van der Waals surface area contributed by atoms with Crippen LogP contribution in [-0.4, -0.2) is 0 Å². The molecule has 1 aliphatic carbocycles. The van der Waals surface area contributed by atoms with Gasteiger partial charge in [-0.2, -0.15) is 9.13 Å². The molecule has 0 saturated carbocycles. The molecule has 0 bridgehead atoms. The van der Waals surface area contributed by atoms with Crippen LogP contribution in [-0.2, 0) is 5.41 Å². The Morgan fingerprint density at radius 1 is 0.543 bits per heavy atom. The minimum Gasteiger partial charge on any atom is -0.207 e. The van der Waals surface area contributed by atoms with Gasteiger partial charge in [-0.3, -0.25) is 0 Å². The Hall–Kier alpha value is -4.18. The van der Waals surface area contributed by atoms with E-state index in [4.69, 9.17) is 0 Å². The number of fused-ring (bicyclic) bond motifs is 3. The molecule has 3 aromatic carbocycles. The van der Waals surface area contributed by atoms with E-state index >= 15 is 0 Å². The molecule has 1 aliphatic rings. The molecule has 0 radical (unpaired) electrons. The topological polar surface area (TPSA) is 7.76 Å². The normalized spacial score (nSPS) is 13.4. The first-order valence-corrected chi connectivity index (χ1v) is 11.6. The smallest absolute Gasteiger partial charge is 0.207 e. The van der Waals surface area contributed by atoms with Crippen LogP contribution >= 0.6 is 0 Å². The van der Waals surface area contributed by atoms with E-state index in [1.165, 1.54) is 46.5 Å². The molecule has 0 amide bonds. The fraction of sp³-hybridized carbons (Fsp3) is 0.0968. The number of rotatable bonds is 3. The van der Waals surface area contributed by atoms with Crippen molar-refractivity contribution in [3.63, 3.8) is 0 Å². The molecule has 0 spiro atoms. The van der Waals surface area contributed by atoms with Gasteiger partial charge < -0.3 is 0 Å². The summed E-state index contributed by atoms with van der Waals surface area (Å²) in [5.41, 5.74) is 8.97. The van der Waals surface area contributed by atoms with Gasteiger partial charge in [0.25, 0.3) is 0 Å². The molecule has 0 saturated heterocycles. The minimum absolute atomic E-state index is 0.174. The SMILES string of the molecule is CC1(C)c2cc(-c3cc[n+](-c4ccc(F)cc4)cc3)ccc2-c2cc[n+](-c3ccc(F)cc3)cc21. The molecule has 2 aromatic heterocycles. The lowest BCUT2D eigenvalue weighted by Crippen LogP contribution is -2.32. The lowest BCUT2D eigenvalue weighted by Gasteiger charge is -2.20. The molecule has 170 valence electrons. The molecule has 4 heteroatoms. The third kappa shape index (κ3) is 3.62. The zero-order chi connectivity index (χ0) is 24.2. The summed E-state index contributed by atoms with van der Waals surface area (Å²) >= 11 is 0. The lowest BCUT2D eigenvalue weighted by atomic mass is 9.82. The van der Waals surface area contributed by atoms with Crippen LogP contribution in [0.1, 0.15) is 25.0 Å². The predicted octanol–water partition coefficient (Wildman–Crippen LogP) is 6.49. The second-order valence-corrected chi connectivity index (χ2v) is 9.51. The standard InChI is InChI=1S/C31H24F2N2/c1-31(2)29-19-22(21-13-16-34(17-14-21)25-8-4-23(32)5-9-25)3-12-27(29)28-15-18-35(20-30(28)31)26-10-6-24(33)7-11-26/h3-20H,1-2H3/q+2. The van der Waals surface area contributed by atoms with E-state index in [-0.39, 0.29) is 17.0 Å². The largest absolute Gasteiger partial charge is 0.210 e. The second kappa shape index (κ2) is 7.95. The third-order valence-electron chi connectivity index (χ3n) is 7.03. The summed E-state index contributed by atoms with van der Waals surface area (Å²) < 4.78 is 30.7. The van der Waals surface area contributed by atoms with Crippen molar-refractivity contribution in [2.24, 2.45) is 0 Å². The van der Waals surface area contributed by atoms with Crippen molar-refractivity contribution in [1.29, 1.82) is 0 Å². The van der Waals surface area contributed by atoms with Gasteiger partial charge in [-0.25, -0.2) is 8.78 Å². The third-order valence-corrected chi connectivity index (χ3v) is 7.03. The number of halogens is 2. The van der Waals surface area contributed by atoms with Crippen molar-refractivity contribution in [1.82, 2.24) is 0 Å². The van der Waals surface area contributed by atoms with Gasteiger partial charge in [-0.15, -0.1) is 0 Å².